The molecule has 108 valence electrons. The Morgan fingerprint density at radius 1 is 1.55 bits per heavy atom. The zero-order valence-corrected chi connectivity index (χ0v) is 11.7. The van der Waals surface area contributed by atoms with E-state index in [4.69, 9.17) is 15.2 Å². The molecule has 1 atom stereocenters. The molecule has 1 aromatic rings. The van der Waals surface area contributed by atoms with Crippen LogP contribution in [0.4, 0.5) is 0 Å². The fourth-order valence-electron chi connectivity index (χ4n) is 1.54. The highest BCUT2D eigenvalue weighted by Crippen LogP contribution is 2.05. The quantitative estimate of drug-likeness (QED) is 0.702. The first-order valence-electron chi connectivity index (χ1n) is 6.15. The Morgan fingerprint density at radius 2 is 2.35 bits per heavy atom. The summed E-state index contributed by atoms with van der Waals surface area (Å²) >= 11 is 0. The molecule has 0 saturated heterocycles. The first-order valence-corrected chi connectivity index (χ1v) is 6.15. The van der Waals surface area contributed by atoms with E-state index >= 15 is 0 Å². The van der Waals surface area contributed by atoms with Crippen LogP contribution < -0.4 is 11.1 Å². The zero-order chi connectivity index (χ0) is 14.8. The second kappa shape index (κ2) is 9.04. The lowest BCUT2D eigenvalue weighted by molar-refractivity contribution is 0.0285. The average molecular weight is 277 g/mol. The van der Waals surface area contributed by atoms with Gasteiger partial charge in [0.15, 0.2) is 0 Å². The number of rotatable bonds is 6. The predicted molar refractivity (Wildman–Crippen MR) is 75.2 cm³/mol. The fourth-order valence-corrected chi connectivity index (χ4v) is 1.54. The van der Waals surface area contributed by atoms with Crippen molar-refractivity contribution in [1.82, 2.24) is 10.3 Å². The fraction of sp³-hybridized carbons (Fsp3) is 0.429. The van der Waals surface area contributed by atoms with Gasteiger partial charge in [0.1, 0.15) is 0 Å². The number of nitrogens with zero attached hydrogens (tertiary/aromatic N) is 1. The number of carbonyl (C=O) groups is 1. The zero-order valence-electron chi connectivity index (χ0n) is 11.7. The molecule has 1 rings (SSSR count). The van der Waals surface area contributed by atoms with Crippen LogP contribution in [0.5, 0.6) is 0 Å². The molecule has 0 fully saturated rings. The standard InChI is InChI=1S/C14H19N3O3/c1-19-10-12(20-2)9-17-14(18)13-5-7-16-8-11(13)4-3-6-15/h5,7-8,12H,6,9-10,15H2,1-2H3,(H,17,18). The van der Waals surface area contributed by atoms with Gasteiger partial charge in [-0.3, -0.25) is 9.78 Å². The molecule has 0 spiro atoms. The molecule has 3 N–H and O–H groups in total. The summed E-state index contributed by atoms with van der Waals surface area (Å²) in [5, 5.41) is 2.78. The number of hydrogen-bond acceptors (Lipinski definition) is 5. The van der Waals surface area contributed by atoms with Crippen LogP contribution in [0.1, 0.15) is 15.9 Å². The van der Waals surface area contributed by atoms with E-state index < -0.39 is 0 Å². The third kappa shape index (κ3) is 4.97. The lowest BCUT2D eigenvalue weighted by Gasteiger charge is -2.15. The highest BCUT2D eigenvalue weighted by molar-refractivity contribution is 5.96. The highest BCUT2D eigenvalue weighted by atomic mass is 16.5. The van der Waals surface area contributed by atoms with Gasteiger partial charge < -0.3 is 20.5 Å². The Bertz CT molecular complexity index is 494. The first kappa shape index (κ1) is 16.1. The van der Waals surface area contributed by atoms with Gasteiger partial charge in [-0.2, -0.15) is 0 Å². The van der Waals surface area contributed by atoms with Gasteiger partial charge in [-0.25, -0.2) is 0 Å². The van der Waals surface area contributed by atoms with Gasteiger partial charge in [0.05, 0.1) is 30.4 Å². The molecule has 0 bridgehead atoms. The molecule has 0 aliphatic heterocycles. The maximum Gasteiger partial charge on any atom is 0.252 e. The SMILES string of the molecule is COCC(CNC(=O)c1ccncc1C#CCN)OC. The Morgan fingerprint density at radius 3 is 3.00 bits per heavy atom. The van der Waals surface area contributed by atoms with E-state index in [0.29, 0.717) is 24.3 Å². The molecule has 1 heterocycles. The second-order valence-electron chi connectivity index (χ2n) is 3.95. The number of amides is 1. The van der Waals surface area contributed by atoms with E-state index in [-0.39, 0.29) is 18.6 Å². The van der Waals surface area contributed by atoms with Crippen LogP contribution in [0.3, 0.4) is 0 Å². The van der Waals surface area contributed by atoms with Gasteiger partial charge in [0.2, 0.25) is 0 Å². The lowest BCUT2D eigenvalue weighted by atomic mass is 10.1. The van der Waals surface area contributed by atoms with Gasteiger partial charge in [0.25, 0.3) is 5.91 Å². The summed E-state index contributed by atoms with van der Waals surface area (Å²) in [6.45, 7) is 0.998. The van der Waals surface area contributed by atoms with Gasteiger partial charge in [-0.1, -0.05) is 11.8 Å². The first-order chi connectivity index (χ1) is 9.72. The number of ether oxygens (including phenoxy) is 2. The molecule has 6 nitrogen and oxygen atoms in total. The van der Waals surface area contributed by atoms with Crippen molar-refractivity contribution in [3.05, 3.63) is 29.6 Å². The molecular weight excluding hydrogens is 258 g/mol. The maximum absolute atomic E-state index is 12.1. The van der Waals surface area contributed by atoms with Crippen molar-refractivity contribution >= 4 is 5.91 Å². The van der Waals surface area contributed by atoms with E-state index in [2.05, 4.69) is 22.1 Å². The number of pyridine rings is 1. The van der Waals surface area contributed by atoms with Crippen LogP contribution in [0, 0.1) is 11.8 Å². The second-order valence-corrected chi connectivity index (χ2v) is 3.95. The molecule has 0 radical (unpaired) electrons. The minimum absolute atomic E-state index is 0.190. The molecule has 1 aromatic heterocycles. The van der Waals surface area contributed by atoms with Crippen LogP contribution >= 0.6 is 0 Å². The Kier molecular flexibility index (Phi) is 7.29. The van der Waals surface area contributed by atoms with Crippen LogP contribution in [-0.2, 0) is 9.47 Å². The molecule has 0 aromatic carbocycles. The molecule has 1 amide bonds. The number of nitrogens with two attached hydrogens (primary N) is 1. The summed E-state index contributed by atoms with van der Waals surface area (Å²) in [5.74, 6) is 5.31. The monoisotopic (exact) mass is 277 g/mol. The van der Waals surface area contributed by atoms with E-state index in [1.807, 2.05) is 0 Å². The molecule has 0 saturated carbocycles. The average Bonchev–Trinajstić information content (AvgIpc) is 2.49. The third-order valence-corrected chi connectivity index (χ3v) is 2.57. The summed E-state index contributed by atoms with van der Waals surface area (Å²) in [4.78, 5) is 16.1. The molecule has 0 aliphatic carbocycles. The van der Waals surface area contributed by atoms with Crippen molar-refractivity contribution < 1.29 is 14.3 Å². The molecular formula is C14H19N3O3. The normalized spacial score (nSPS) is 11.3. The van der Waals surface area contributed by atoms with Gasteiger partial charge in [-0.05, 0) is 6.07 Å². The summed E-state index contributed by atoms with van der Waals surface area (Å²) < 4.78 is 10.2. The predicted octanol–water partition coefficient (Wildman–Crippen LogP) is -0.217. The van der Waals surface area contributed by atoms with Crippen LogP contribution in [0.2, 0.25) is 0 Å². The molecule has 1 unspecified atom stereocenters. The van der Waals surface area contributed by atoms with Crippen molar-refractivity contribution in [2.24, 2.45) is 5.73 Å². The van der Waals surface area contributed by atoms with E-state index in [0.717, 1.165) is 0 Å². The van der Waals surface area contributed by atoms with Crippen LogP contribution in [0.25, 0.3) is 0 Å². The highest BCUT2D eigenvalue weighted by Gasteiger charge is 2.13. The lowest BCUT2D eigenvalue weighted by Crippen LogP contribution is -2.35. The van der Waals surface area contributed by atoms with Crippen LogP contribution in [-0.4, -0.2) is 50.9 Å². The topological polar surface area (TPSA) is 86.5 Å². The number of carbonyl (C=O) groups excluding carboxylic acids is 1. The van der Waals surface area contributed by atoms with Crippen molar-refractivity contribution in [1.29, 1.82) is 0 Å². The maximum atomic E-state index is 12.1. The summed E-state index contributed by atoms with van der Waals surface area (Å²) in [7, 11) is 3.15. The van der Waals surface area contributed by atoms with Gasteiger partial charge in [0, 0.05) is 33.2 Å². The van der Waals surface area contributed by atoms with Crippen LogP contribution in [0.15, 0.2) is 18.5 Å². The van der Waals surface area contributed by atoms with Gasteiger partial charge in [-0.15, -0.1) is 0 Å². The van der Waals surface area contributed by atoms with Gasteiger partial charge >= 0.3 is 0 Å². The smallest absolute Gasteiger partial charge is 0.252 e. The number of methoxy groups -OCH3 is 2. The van der Waals surface area contributed by atoms with Crippen molar-refractivity contribution in [2.75, 3.05) is 33.9 Å². The minimum Gasteiger partial charge on any atom is -0.382 e. The number of nitrogens with one attached hydrogen (secondary N) is 1. The Balaban J connectivity index is 2.72. The van der Waals surface area contributed by atoms with Crippen molar-refractivity contribution in [3.63, 3.8) is 0 Å². The van der Waals surface area contributed by atoms with E-state index in [1.165, 1.54) is 0 Å². The van der Waals surface area contributed by atoms with Crippen molar-refractivity contribution in [2.45, 2.75) is 6.10 Å². The Labute approximate surface area is 118 Å². The minimum atomic E-state index is -0.230. The van der Waals surface area contributed by atoms with Crippen molar-refractivity contribution in [3.8, 4) is 11.8 Å². The summed E-state index contributed by atoms with van der Waals surface area (Å²) in [5.41, 5.74) is 6.35. The largest absolute Gasteiger partial charge is 0.382 e. The molecule has 20 heavy (non-hydrogen) atoms. The molecule has 6 heteroatoms. The van der Waals surface area contributed by atoms with E-state index in [9.17, 15) is 4.79 Å². The third-order valence-electron chi connectivity index (χ3n) is 2.57. The van der Waals surface area contributed by atoms with E-state index in [1.54, 1.807) is 32.7 Å². The summed E-state index contributed by atoms with van der Waals surface area (Å²) in [6, 6.07) is 1.62. The number of aromatic nitrogens is 1. The molecule has 0 aliphatic rings. The Hall–Kier alpha value is -1.94. The summed E-state index contributed by atoms with van der Waals surface area (Å²) in [6.07, 6.45) is 2.90. The number of hydrogen-bond donors (Lipinski definition) is 2.